The Morgan fingerprint density at radius 3 is 2.53 bits per heavy atom. The van der Waals surface area contributed by atoms with Crippen LogP contribution in [-0.4, -0.2) is 53.4 Å². The van der Waals surface area contributed by atoms with Crippen LogP contribution >= 0.6 is 11.6 Å². The number of likely N-dealkylation sites (N-methyl/N-ethyl adjacent to an activating group) is 1. The molecule has 0 aliphatic carbocycles. The number of benzene rings is 2. The molecule has 8 heteroatoms. The lowest BCUT2D eigenvalue weighted by Crippen LogP contribution is -2.48. The molecular formula is C24H25ClF3N3O. The maximum atomic E-state index is 13.5. The molecule has 0 spiro atoms. The van der Waals surface area contributed by atoms with E-state index in [-0.39, 0.29) is 17.4 Å². The van der Waals surface area contributed by atoms with Crippen LogP contribution in [0.5, 0.6) is 0 Å². The Morgan fingerprint density at radius 2 is 1.84 bits per heavy atom. The maximum absolute atomic E-state index is 13.5. The number of aromatic amines is 1. The van der Waals surface area contributed by atoms with Gasteiger partial charge in [-0.15, -0.1) is 0 Å². The van der Waals surface area contributed by atoms with Crippen LogP contribution in [0.15, 0.2) is 48.7 Å². The molecule has 4 nitrogen and oxygen atoms in total. The minimum Gasteiger partial charge on any atom is -0.361 e. The summed E-state index contributed by atoms with van der Waals surface area (Å²) in [5.41, 5.74) is 1.22. The molecule has 1 aliphatic rings. The van der Waals surface area contributed by atoms with Crippen molar-refractivity contribution < 1.29 is 18.0 Å². The fourth-order valence-electron chi connectivity index (χ4n) is 4.38. The molecule has 0 bridgehead atoms. The third kappa shape index (κ3) is 4.64. The summed E-state index contributed by atoms with van der Waals surface area (Å²) in [5.74, 6) is -0.583. The van der Waals surface area contributed by atoms with Crippen molar-refractivity contribution in [2.24, 2.45) is 0 Å². The molecule has 1 atom stereocenters. The zero-order valence-electron chi connectivity index (χ0n) is 17.8. The SMILES string of the molecule is CCN1CCN(C(=O)C[C@@H](c2ccc(Cl)c(C(F)(F)F)c2)c2c[nH]c3ccccc23)CC1. The number of hydrogen-bond acceptors (Lipinski definition) is 2. The highest BCUT2D eigenvalue weighted by molar-refractivity contribution is 6.31. The van der Waals surface area contributed by atoms with E-state index in [0.29, 0.717) is 18.7 Å². The van der Waals surface area contributed by atoms with Crippen LogP contribution in [0.3, 0.4) is 0 Å². The lowest BCUT2D eigenvalue weighted by Gasteiger charge is -2.35. The Morgan fingerprint density at radius 1 is 1.12 bits per heavy atom. The third-order valence-corrected chi connectivity index (χ3v) is 6.58. The Bertz CT molecular complexity index is 1100. The average Bonchev–Trinajstić information content (AvgIpc) is 3.21. The number of nitrogens with zero attached hydrogens (tertiary/aromatic N) is 2. The molecule has 170 valence electrons. The maximum Gasteiger partial charge on any atom is 0.417 e. The van der Waals surface area contributed by atoms with Crippen LogP contribution in [0, 0.1) is 0 Å². The molecule has 2 aromatic carbocycles. The summed E-state index contributed by atoms with van der Waals surface area (Å²) in [6, 6.07) is 11.5. The van der Waals surface area contributed by atoms with E-state index in [9.17, 15) is 18.0 Å². The van der Waals surface area contributed by atoms with E-state index in [1.165, 1.54) is 6.07 Å². The Kier molecular flexibility index (Phi) is 6.49. The number of hydrogen-bond donors (Lipinski definition) is 1. The Hall–Kier alpha value is -2.51. The van der Waals surface area contributed by atoms with E-state index in [2.05, 4.69) is 16.8 Å². The van der Waals surface area contributed by atoms with E-state index in [1.807, 2.05) is 29.2 Å². The van der Waals surface area contributed by atoms with Crippen LogP contribution < -0.4 is 0 Å². The van der Waals surface area contributed by atoms with Crippen LogP contribution in [0.2, 0.25) is 5.02 Å². The van der Waals surface area contributed by atoms with Crippen molar-refractivity contribution in [1.82, 2.24) is 14.8 Å². The number of H-pyrrole nitrogens is 1. The van der Waals surface area contributed by atoms with Crippen molar-refractivity contribution in [2.45, 2.75) is 25.4 Å². The molecule has 1 aliphatic heterocycles. The fraction of sp³-hybridized carbons (Fsp3) is 0.375. The number of rotatable bonds is 5. The predicted molar refractivity (Wildman–Crippen MR) is 120 cm³/mol. The summed E-state index contributed by atoms with van der Waals surface area (Å²) in [5, 5.41) is 0.547. The summed E-state index contributed by atoms with van der Waals surface area (Å²) in [4.78, 5) is 20.5. The summed E-state index contributed by atoms with van der Waals surface area (Å²) in [6.07, 6.45) is -2.69. The van der Waals surface area contributed by atoms with Gasteiger partial charge in [0.05, 0.1) is 10.6 Å². The second kappa shape index (κ2) is 9.16. The minimum absolute atomic E-state index is 0.0560. The molecule has 32 heavy (non-hydrogen) atoms. The summed E-state index contributed by atoms with van der Waals surface area (Å²) < 4.78 is 40.6. The highest BCUT2D eigenvalue weighted by Crippen LogP contribution is 2.40. The van der Waals surface area contributed by atoms with Gasteiger partial charge < -0.3 is 14.8 Å². The van der Waals surface area contributed by atoms with E-state index in [4.69, 9.17) is 11.6 Å². The zero-order valence-corrected chi connectivity index (χ0v) is 18.5. The molecule has 4 rings (SSSR count). The second-order valence-corrected chi connectivity index (χ2v) is 8.51. The van der Waals surface area contributed by atoms with Gasteiger partial charge in [0.1, 0.15) is 0 Å². The summed E-state index contributed by atoms with van der Waals surface area (Å²) >= 11 is 5.85. The molecule has 2 heterocycles. The van der Waals surface area contributed by atoms with Crippen molar-refractivity contribution in [2.75, 3.05) is 32.7 Å². The van der Waals surface area contributed by atoms with Gasteiger partial charge in [-0.25, -0.2) is 0 Å². The molecule has 1 saturated heterocycles. The highest BCUT2D eigenvalue weighted by Gasteiger charge is 2.35. The first kappa shape index (κ1) is 22.7. The largest absolute Gasteiger partial charge is 0.417 e. The van der Waals surface area contributed by atoms with E-state index >= 15 is 0 Å². The van der Waals surface area contributed by atoms with Gasteiger partial charge in [-0.3, -0.25) is 4.79 Å². The quantitative estimate of drug-likeness (QED) is 0.540. The normalized spacial score (nSPS) is 16.5. The van der Waals surface area contributed by atoms with Crippen LogP contribution in [-0.2, 0) is 11.0 Å². The first-order valence-electron chi connectivity index (χ1n) is 10.7. The van der Waals surface area contributed by atoms with E-state index in [0.717, 1.165) is 42.2 Å². The lowest BCUT2D eigenvalue weighted by atomic mass is 9.87. The molecule has 1 aromatic heterocycles. The van der Waals surface area contributed by atoms with Crippen molar-refractivity contribution >= 4 is 28.4 Å². The van der Waals surface area contributed by atoms with Crippen LogP contribution in [0.25, 0.3) is 10.9 Å². The van der Waals surface area contributed by atoms with Crippen molar-refractivity contribution in [3.8, 4) is 0 Å². The van der Waals surface area contributed by atoms with Gasteiger partial charge in [-0.05, 0) is 35.9 Å². The summed E-state index contributed by atoms with van der Waals surface area (Å²) in [6.45, 7) is 5.88. The number of halogens is 4. The van der Waals surface area contributed by atoms with Gasteiger partial charge in [0.25, 0.3) is 0 Å². The Balaban J connectivity index is 1.71. The van der Waals surface area contributed by atoms with Gasteiger partial charge in [0.2, 0.25) is 5.91 Å². The number of para-hydroxylation sites is 1. The average molecular weight is 464 g/mol. The lowest BCUT2D eigenvalue weighted by molar-refractivity contribution is -0.137. The molecular weight excluding hydrogens is 439 g/mol. The van der Waals surface area contributed by atoms with Crippen LogP contribution in [0.1, 0.15) is 36.0 Å². The third-order valence-electron chi connectivity index (χ3n) is 6.25. The first-order chi connectivity index (χ1) is 15.3. The fourth-order valence-corrected chi connectivity index (χ4v) is 4.61. The number of carbonyl (C=O) groups excluding carboxylic acids is 1. The number of nitrogens with one attached hydrogen (secondary N) is 1. The van der Waals surface area contributed by atoms with Gasteiger partial charge in [-0.2, -0.15) is 13.2 Å². The van der Waals surface area contributed by atoms with Gasteiger partial charge >= 0.3 is 6.18 Å². The number of carbonyl (C=O) groups is 1. The highest BCUT2D eigenvalue weighted by atomic mass is 35.5. The van der Waals surface area contributed by atoms with Gasteiger partial charge in [0.15, 0.2) is 0 Å². The van der Waals surface area contributed by atoms with Crippen molar-refractivity contribution in [3.05, 3.63) is 70.4 Å². The molecule has 0 unspecified atom stereocenters. The second-order valence-electron chi connectivity index (χ2n) is 8.10. The molecule has 0 saturated carbocycles. The molecule has 3 aromatic rings. The number of amides is 1. The molecule has 0 radical (unpaired) electrons. The molecule has 1 fully saturated rings. The summed E-state index contributed by atoms with van der Waals surface area (Å²) in [7, 11) is 0. The standard InChI is InChI=1S/C24H25ClF3N3O/c1-2-30-9-11-31(12-10-30)23(32)14-18(19-15-29-22-6-4-3-5-17(19)22)16-7-8-21(25)20(13-16)24(26,27)28/h3-8,13,15,18,29H,2,9-12,14H2,1H3/t18-/m0/s1. The first-order valence-corrected chi connectivity index (χ1v) is 11.1. The molecule has 1 amide bonds. The van der Waals surface area contributed by atoms with E-state index < -0.39 is 17.7 Å². The predicted octanol–water partition coefficient (Wildman–Crippen LogP) is 5.53. The smallest absolute Gasteiger partial charge is 0.361 e. The molecule has 1 N–H and O–H groups in total. The number of aromatic nitrogens is 1. The monoisotopic (exact) mass is 463 g/mol. The van der Waals surface area contributed by atoms with Crippen molar-refractivity contribution in [1.29, 1.82) is 0 Å². The number of piperazine rings is 1. The van der Waals surface area contributed by atoms with Crippen LogP contribution in [0.4, 0.5) is 13.2 Å². The minimum atomic E-state index is -4.57. The Labute approximate surface area is 190 Å². The number of fused-ring (bicyclic) bond motifs is 1. The number of alkyl halides is 3. The van der Waals surface area contributed by atoms with Gasteiger partial charge in [0, 0.05) is 55.6 Å². The topological polar surface area (TPSA) is 39.3 Å². The zero-order chi connectivity index (χ0) is 22.9. The van der Waals surface area contributed by atoms with Crippen molar-refractivity contribution in [3.63, 3.8) is 0 Å². The van der Waals surface area contributed by atoms with E-state index in [1.54, 1.807) is 12.3 Å². The van der Waals surface area contributed by atoms with Gasteiger partial charge in [-0.1, -0.05) is 42.8 Å².